The Morgan fingerprint density at radius 3 is 2.75 bits per heavy atom. The maximum Gasteiger partial charge on any atom is 0.248 e. The molecule has 0 aliphatic carbocycles. The van der Waals surface area contributed by atoms with E-state index in [2.05, 4.69) is 10.1 Å². The molecular weight excluding hydrogens is 356 g/mol. The maximum absolute atomic E-state index is 13.4. The quantitative estimate of drug-likeness (QED) is 0.632. The molecule has 0 spiro atoms. The summed E-state index contributed by atoms with van der Waals surface area (Å²) in [7, 11) is 0. The van der Waals surface area contributed by atoms with Gasteiger partial charge < -0.3 is 14.4 Å². The second-order valence-corrected chi connectivity index (χ2v) is 6.65. The first-order valence-electron chi connectivity index (χ1n) is 9.30. The zero-order chi connectivity index (χ0) is 19.3. The Kier molecular flexibility index (Phi) is 5.23. The number of pyridine rings is 1. The number of carbonyl (C=O) groups is 1. The molecule has 0 saturated heterocycles. The molecule has 0 bridgehead atoms. The summed E-state index contributed by atoms with van der Waals surface area (Å²) in [6.07, 6.45) is 7.69. The Bertz CT molecular complexity index is 928. The molecule has 3 aromatic rings. The van der Waals surface area contributed by atoms with Crippen LogP contribution in [0, 0.1) is 0 Å². The van der Waals surface area contributed by atoms with Crippen LogP contribution in [0.4, 0.5) is 0 Å². The predicted octanol–water partition coefficient (Wildman–Crippen LogP) is 3.19. The molecule has 7 nitrogen and oxygen atoms in total. The topological polar surface area (TPSA) is 69.5 Å². The number of carbonyl (C=O) groups excluding carboxylic acids is 1. The molecule has 0 radical (unpaired) electrons. The molecule has 0 fully saturated rings. The van der Waals surface area contributed by atoms with Crippen molar-refractivity contribution in [2.45, 2.75) is 32.5 Å². The standard InChI is InChI=1S/C21H22N4O3/c1-2-18(25-10-4-9-23-25)21(26)24(14-17-5-3-8-22-12-17)13-16-6-7-19-20(11-16)28-15-27-19/h3-12,18H,2,13-15H2,1H3. The number of fused-ring (bicyclic) bond motifs is 1. The van der Waals surface area contributed by atoms with Gasteiger partial charge >= 0.3 is 0 Å². The van der Waals surface area contributed by atoms with Gasteiger partial charge in [-0.05, 0) is 41.8 Å². The second-order valence-electron chi connectivity index (χ2n) is 6.65. The lowest BCUT2D eigenvalue weighted by Gasteiger charge is -2.27. The van der Waals surface area contributed by atoms with E-state index >= 15 is 0 Å². The third kappa shape index (κ3) is 3.83. The third-order valence-corrected chi connectivity index (χ3v) is 4.73. The van der Waals surface area contributed by atoms with Crippen LogP contribution in [-0.4, -0.2) is 32.4 Å². The van der Waals surface area contributed by atoms with Crippen LogP contribution in [0.3, 0.4) is 0 Å². The van der Waals surface area contributed by atoms with Crippen molar-refractivity contribution in [2.75, 3.05) is 6.79 Å². The Labute approximate surface area is 163 Å². The van der Waals surface area contributed by atoms with Crippen molar-refractivity contribution in [1.82, 2.24) is 19.7 Å². The van der Waals surface area contributed by atoms with E-state index in [1.807, 2.05) is 54.4 Å². The fourth-order valence-corrected chi connectivity index (χ4v) is 3.33. The normalized spacial score (nSPS) is 13.3. The van der Waals surface area contributed by atoms with Crippen LogP contribution in [0.5, 0.6) is 11.5 Å². The monoisotopic (exact) mass is 378 g/mol. The van der Waals surface area contributed by atoms with E-state index in [1.165, 1.54) is 0 Å². The van der Waals surface area contributed by atoms with Crippen LogP contribution in [-0.2, 0) is 17.9 Å². The minimum Gasteiger partial charge on any atom is -0.454 e. The summed E-state index contributed by atoms with van der Waals surface area (Å²) in [5.41, 5.74) is 1.96. The minimum atomic E-state index is -0.347. The molecule has 144 valence electrons. The summed E-state index contributed by atoms with van der Waals surface area (Å²) in [5, 5.41) is 4.27. The lowest BCUT2D eigenvalue weighted by Crippen LogP contribution is -2.36. The summed E-state index contributed by atoms with van der Waals surface area (Å²) < 4.78 is 12.6. The van der Waals surface area contributed by atoms with Gasteiger partial charge in [-0.3, -0.25) is 14.5 Å². The van der Waals surface area contributed by atoms with E-state index in [-0.39, 0.29) is 18.7 Å². The first kappa shape index (κ1) is 18.0. The van der Waals surface area contributed by atoms with Gasteiger partial charge in [-0.25, -0.2) is 0 Å². The molecule has 2 aromatic heterocycles. The summed E-state index contributed by atoms with van der Waals surface area (Å²) in [6, 6.07) is 11.1. The van der Waals surface area contributed by atoms with Crippen molar-refractivity contribution in [3.05, 3.63) is 72.3 Å². The number of amides is 1. The van der Waals surface area contributed by atoms with Gasteiger partial charge in [0, 0.05) is 37.9 Å². The highest BCUT2D eigenvalue weighted by molar-refractivity contribution is 5.80. The SMILES string of the molecule is CCC(C(=O)N(Cc1cccnc1)Cc1ccc2c(c1)OCO2)n1cccn1. The Balaban J connectivity index is 1.60. The summed E-state index contributed by atoms with van der Waals surface area (Å²) in [4.78, 5) is 19.4. The molecule has 28 heavy (non-hydrogen) atoms. The highest BCUT2D eigenvalue weighted by Crippen LogP contribution is 2.33. The zero-order valence-electron chi connectivity index (χ0n) is 15.7. The van der Waals surface area contributed by atoms with E-state index in [0.29, 0.717) is 25.3 Å². The van der Waals surface area contributed by atoms with Crippen molar-refractivity contribution < 1.29 is 14.3 Å². The average Bonchev–Trinajstić information content (AvgIpc) is 3.40. The van der Waals surface area contributed by atoms with E-state index in [1.54, 1.807) is 23.3 Å². The van der Waals surface area contributed by atoms with Gasteiger partial charge in [0.2, 0.25) is 12.7 Å². The molecule has 1 atom stereocenters. The molecule has 1 unspecified atom stereocenters. The first-order chi connectivity index (χ1) is 13.7. The van der Waals surface area contributed by atoms with Crippen LogP contribution in [0.15, 0.2) is 61.2 Å². The highest BCUT2D eigenvalue weighted by atomic mass is 16.7. The van der Waals surface area contributed by atoms with E-state index in [0.717, 1.165) is 16.9 Å². The zero-order valence-corrected chi connectivity index (χ0v) is 15.7. The van der Waals surface area contributed by atoms with Crippen LogP contribution >= 0.6 is 0 Å². The Hall–Kier alpha value is -3.35. The molecule has 1 aliphatic heterocycles. The lowest BCUT2D eigenvalue weighted by molar-refractivity contribution is -0.136. The number of hydrogen-bond donors (Lipinski definition) is 0. The Morgan fingerprint density at radius 1 is 1.14 bits per heavy atom. The van der Waals surface area contributed by atoms with Crippen LogP contribution in [0.25, 0.3) is 0 Å². The van der Waals surface area contributed by atoms with Gasteiger partial charge in [-0.2, -0.15) is 5.10 Å². The lowest BCUT2D eigenvalue weighted by atomic mass is 10.1. The van der Waals surface area contributed by atoms with Crippen molar-refractivity contribution in [3.8, 4) is 11.5 Å². The van der Waals surface area contributed by atoms with Crippen LogP contribution in [0.2, 0.25) is 0 Å². The maximum atomic E-state index is 13.4. The largest absolute Gasteiger partial charge is 0.454 e. The number of aromatic nitrogens is 3. The smallest absolute Gasteiger partial charge is 0.248 e. The number of hydrogen-bond acceptors (Lipinski definition) is 5. The molecule has 0 N–H and O–H groups in total. The molecule has 4 rings (SSSR count). The molecule has 1 aromatic carbocycles. The van der Waals surface area contributed by atoms with Crippen molar-refractivity contribution in [1.29, 1.82) is 0 Å². The van der Waals surface area contributed by atoms with Gasteiger partial charge in [0.1, 0.15) is 6.04 Å². The molecule has 0 saturated carbocycles. The van der Waals surface area contributed by atoms with Crippen molar-refractivity contribution in [3.63, 3.8) is 0 Å². The average molecular weight is 378 g/mol. The molecule has 1 aliphatic rings. The molecule has 7 heteroatoms. The van der Waals surface area contributed by atoms with E-state index < -0.39 is 0 Å². The van der Waals surface area contributed by atoms with Gasteiger partial charge in [-0.15, -0.1) is 0 Å². The Morgan fingerprint density at radius 2 is 2.00 bits per heavy atom. The summed E-state index contributed by atoms with van der Waals surface area (Å²) in [5.74, 6) is 1.47. The number of nitrogens with zero attached hydrogens (tertiary/aromatic N) is 4. The highest BCUT2D eigenvalue weighted by Gasteiger charge is 2.26. The van der Waals surface area contributed by atoms with Gasteiger partial charge in [0.05, 0.1) is 0 Å². The molecular formula is C21H22N4O3. The summed E-state index contributed by atoms with van der Waals surface area (Å²) >= 11 is 0. The fourth-order valence-electron chi connectivity index (χ4n) is 3.33. The molecule has 3 heterocycles. The van der Waals surface area contributed by atoms with Gasteiger partial charge in [0.25, 0.3) is 0 Å². The van der Waals surface area contributed by atoms with Crippen molar-refractivity contribution >= 4 is 5.91 Å². The van der Waals surface area contributed by atoms with Gasteiger partial charge in [-0.1, -0.05) is 19.1 Å². The number of rotatable bonds is 7. The van der Waals surface area contributed by atoms with Crippen LogP contribution < -0.4 is 9.47 Å². The first-order valence-corrected chi connectivity index (χ1v) is 9.30. The van der Waals surface area contributed by atoms with E-state index in [4.69, 9.17) is 9.47 Å². The second kappa shape index (κ2) is 8.12. The van der Waals surface area contributed by atoms with Crippen LogP contribution in [0.1, 0.15) is 30.5 Å². The minimum absolute atomic E-state index is 0.0210. The predicted molar refractivity (Wildman–Crippen MR) is 103 cm³/mol. The van der Waals surface area contributed by atoms with Gasteiger partial charge in [0.15, 0.2) is 11.5 Å². The molecule has 1 amide bonds. The summed E-state index contributed by atoms with van der Waals surface area (Å²) in [6.45, 7) is 3.16. The number of ether oxygens (including phenoxy) is 2. The number of benzene rings is 1. The van der Waals surface area contributed by atoms with Crippen molar-refractivity contribution in [2.24, 2.45) is 0 Å². The third-order valence-electron chi connectivity index (χ3n) is 4.73. The van der Waals surface area contributed by atoms with E-state index in [9.17, 15) is 4.79 Å². The fraction of sp³-hybridized carbons (Fsp3) is 0.286.